The molecule has 2 heterocycles. The lowest BCUT2D eigenvalue weighted by atomic mass is 10.0. The molecule has 1 fully saturated rings. The molecule has 1 aliphatic heterocycles. The number of carbonyl (C=O) groups is 1. The quantitative estimate of drug-likeness (QED) is 0.596. The van der Waals surface area contributed by atoms with Gasteiger partial charge in [-0.05, 0) is 12.5 Å². The van der Waals surface area contributed by atoms with Crippen molar-refractivity contribution < 1.29 is 4.79 Å². The van der Waals surface area contributed by atoms with Gasteiger partial charge in [-0.3, -0.25) is 4.79 Å². The molecule has 0 unspecified atom stereocenters. The summed E-state index contributed by atoms with van der Waals surface area (Å²) in [5.41, 5.74) is 1.85. The first-order valence-electron chi connectivity index (χ1n) is 4.85. The van der Waals surface area contributed by atoms with Crippen LogP contribution in [0, 0.1) is 0 Å². The normalized spacial score (nSPS) is 14.2. The maximum atomic E-state index is 11.8. The number of hydrogen-bond donors (Lipinski definition) is 2. The smallest absolute Gasteiger partial charge is 0.252 e. The maximum Gasteiger partial charge on any atom is 0.252 e. The minimum absolute atomic E-state index is 0.147. The lowest BCUT2D eigenvalue weighted by molar-refractivity contribution is -0.112. The van der Waals surface area contributed by atoms with Crippen molar-refractivity contribution in [3.05, 3.63) is 28.7 Å². The number of rotatable bonds is 2. The Labute approximate surface area is 97.9 Å². The van der Waals surface area contributed by atoms with Gasteiger partial charge in [0.15, 0.2) is 0 Å². The van der Waals surface area contributed by atoms with Crippen LogP contribution in [0.15, 0.2) is 23.5 Å². The van der Waals surface area contributed by atoms with E-state index in [4.69, 9.17) is 11.6 Å². The van der Waals surface area contributed by atoms with Crippen LogP contribution in [-0.4, -0.2) is 29.0 Å². The zero-order chi connectivity index (χ0) is 11.5. The van der Waals surface area contributed by atoms with Gasteiger partial charge in [0.05, 0.1) is 0 Å². The van der Waals surface area contributed by atoms with E-state index in [0.717, 1.165) is 24.2 Å². The molecule has 0 saturated carbocycles. The minimum Gasteiger partial charge on any atom is -0.309 e. The number of anilines is 1. The van der Waals surface area contributed by atoms with Gasteiger partial charge in [-0.2, -0.15) is 0 Å². The molecule has 0 aromatic carbocycles. The summed E-state index contributed by atoms with van der Waals surface area (Å²) < 4.78 is 0. The molecule has 0 aliphatic carbocycles. The predicted octanol–water partition coefficient (Wildman–Crippen LogP) is 0.988. The fraction of sp³-hybridized carbons (Fsp3) is 0.300. The molecular formula is C10H11ClN4O. The van der Waals surface area contributed by atoms with Crippen LogP contribution in [0.1, 0.15) is 6.92 Å². The molecule has 0 radical (unpaired) electrons. The number of nitrogens with zero attached hydrogens (tertiary/aromatic N) is 2. The predicted molar refractivity (Wildman–Crippen MR) is 61.2 cm³/mol. The zero-order valence-electron chi connectivity index (χ0n) is 8.75. The average Bonchev–Trinajstić information content (AvgIpc) is 2.14. The van der Waals surface area contributed by atoms with Gasteiger partial charge >= 0.3 is 0 Å². The third-order valence-corrected chi connectivity index (χ3v) is 2.63. The number of halogens is 1. The van der Waals surface area contributed by atoms with Crippen molar-refractivity contribution in [2.45, 2.75) is 6.92 Å². The Bertz CT molecular complexity index is 452. The fourth-order valence-electron chi connectivity index (χ4n) is 1.29. The van der Waals surface area contributed by atoms with E-state index >= 15 is 0 Å². The lowest BCUT2D eigenvalue weighted by Gasteiger charge is -2.21. The van der Waals surface area contributed by atoms with Crippen LogP contribution >= 0.6 is 11.6 Å². The summed E-state index contributed by atoms with van der Waals surface area (Å²) in [4.78, 5) is 19.4. The molecule has 6 heteroatoms. The first-order valence-corrected chi connectivity index (χ1v) is 5.23. The first kappa shape index (κ1) is 11.0. The van der Waals surface area contributed by atoms with Crippen LogP contribution in [-0.2, 0) is 4.79 Å². The maximum absolute atomic E-state index is 11.8. The zero-order valence-corrected chi connectivity index (χ0v) is 9.51. The van der Waals surface area contributed by atoms with Crippen molar-refractivity contribution in [3.63, 3.8) is 0 Å². The van der Waals surface area contributed by atoms with Gasteiger partial charge in [0.2, 0.25) is 0 Å². The molecular weight excluding hydrogens is 228 g/mol. The molecule has 0 atom stereocenters. The third kappa shape index (κ3) is 2.37. The van der Waals surface area contributed by atoms with Crippen molar-refractivity contribution in [1.82, 2.24) is 15.3 Å². The van der Waals surface area contributed by atoms with E-state index in [1.807, 2.05) is 0 Å². The molecule has 2 N–H and O–H groups in total. The van der Waals surface area contributed by atoms with E-state index in [0.29, 0.717) is 11.0 Å². The van der Waals surface area contributed by atoms with E-state index in [-0.39, 0.29) is 5.91 Å². The van der Waals surface area contributed by atoms with Crippen LogP contribution in [0.25, 0.3) is 0 Å². The second-order valence-electron chi connectivity index (χ2n) is 3.51. The highest BCUT2D eigenvalue weighted by Gasteiger charge is 2.16. The minimum atomic E-state index is -0.147. The highest BCUT2D eigenvalue weighted by Crippen LogP contribution is 2.13. The van der Waals surface area contributed by atoms with Crippen LogP contribution in [0.2, 0.25) is 5.15 Å². The van der Waals surface area contributed by atoms with E-state index < -0.39 is 0 Å². The van der Waals surface area contributed by atoms with E-state index in [1.165, 1.54) is 12.4 Å². The molecule has 0 bridgehead atoms. The van der Waals surface area contributed by atoms with Crippen molar-refractivity contribution in [2.24, 2.45) is 0 Å². The van der Waals surface area contributed by atoms with Gasteiger partial charge in [0.25, 0.3) is 5.91 Å². The Morgan fingerprint density at radius 3 is 2.81 bits per heavy atom. The standard InChI is InChI=1S/C10H11ClN4O/c1-6(7-3-12-4-7)10(16)15-9-2-8(11)13-5-14-9/h2,5,12H,3-4H2,1H3,(H,13,14,15,16). The highest BCUT2D eigenvalue weighted by atomic mass is 35.5. The van der Waals surface area contributed by atoms with Gasteiger partial charge < -0.3 is 10.6 Å². The number of aromatic nitrogens is 2. The summed E-state index contributed by atoms with van der Waals surface area (Å²) in [5, 5.41) is 6.06. The lowest BCUT2D eigenvalue weighted by Crippen LogP contribution is -2.36. The Morgan fingerprint density at radius 2 is 2.25 bits per heavy atom. The second kappa shape index (κ2) is 4.59. The van der Waals surface area contributed by atoms with Crippen LogP contribution < -0.4 is 10.6 Å². The molecule has 1 saturated heterocycles. The van der Waals surface area contributed by atoms with Crippen molar-refractivity contribution in [2.75, 3.05) is 18.4 Å². The molecule has 16 heavy (non-hydrogen) atoms. The van der Waals surface area contributed by atoms with E-state index in [9.17, 15) is 4.79 Å². The summed E-state index contributed by atoms with van der Waals surface area (Å²) in [7, 11) is 0. The average molecular weight is 239 g/mol. The molecule has 5 nitrogen and oxygen atoms in total. The third-order valence-electron chi connectivity index (χ3n) is 2.42. The van der Waals surface area contributed by atoms with Gasteiger partial charge in [-0.1, -0.05) is 11.6 Å². The summed E-state index contributed by atoms with van der Waals surface area (Å²) in [5.74, 6) is 0.267. The van der Waals surface area contributed by atoms with Crippen LogP contribution in [0.5, 0.6) is 0 Å². The molecule has 0 spiro atoms. The van der Waals surface area contributed by atoms with Gasteiger partial charge in [0.1, 0.15) is 17.3 Å². The Kier molecular flexibility index (Phi) is 3.17. The van der Waals surface area contributed by atoms with Crippen molar-refractivity contribution in [1.29, 1.82) is 0 Å². The van der Waals surface area contributed by atoms with Crippen molar-refractivity contribution >= 4 is 23.3 Å². The molecule has 1 aromatic rings. The molecule has 1 aromatic heterocycles. The molecule has 1 aliphatic rings. The van der Waals surface area contributed by atoms with Crippen LogP contribution in [0.3, 0.4) is 0 Å². The van der Waals surface area contributed by atoms with Crippen molar-refractivity contribution in [3.8, 4) is 0 Å². The number of hydrogen-bond acceptors (Lipinski definition) is 4. The molecule has 2 rings (SSSR count). The monoisotopic (exact) mass is 238 g/mol. The van der Waals surface area contributed by atoms with E-state index in [2.05, 4.69) is 20.6 Å². The van der Waals surface area contributed by atoms with Gasteiger partial charge in [-0.15, -0.1) is 0 Å². The molecule has 1 amide bonds. The Hall–Kier alpha value is -1.46. The molecule has 84 valence electrons. The SMILES string of the molecule is CC(C(=O)Nc1cc(Cl)ncn1)=C1CNC1. The summed E-state index contributed by atoms with van der Waals surface area (Å²) >= 11 is 5.68. The fourth-order valence-corrected chi connectivity index (χ4v) is 1.43. The summed E-state index contributed by atoms with van der Waals surface area (Å²) in [6.07, 6.45) is 1.31. The largest absolute Gasteiger partial charge is 0.309 e. The van der Waals surface area contributed by atoms with Gasteiger partial charge in [0, 0.05) is 24.7 Å². The first-order chi connectivity index (χ1) is 7.66. The Morgan fingerprint density at radius 1 is 1.50 bits per heavy atom. The second-order valence-corrected chi connectivity index (χ2v) is 3.90. The summed E-state index contributed by atoms with van der Waals surface area (Å²) in [6, 6.07) is 1.51. The van der Waals surface area contributed by atoms with E-state index in [1.54, 1.807) is 6.92 Å². The Balaban J connectivity index is 2.07. The number of carbonyl (C=O) groups excluding carboxylic acids is 1. The number of nitrogens with one attached hydrogen (secondary N) is 2. The highest BCUT2D eigenvalue weighted by molar-refractivity contribution is 6.29. The topological polar surface area (TPSA) is 66.9 Å². The number of amides is 1. The van der Waals surface area contributed by atoms with Crippen LogP contribution in [0.4, 0.5) is 5.82 Å². The van der Waals surface area contributed by atoms with Gasteiger partial charge in [-0.25, -0.2) is 9.97 Å². The summed E-state index contributed by atoms with van der Waals surface area (Å²) in [6.45, 7) is 3.36.